The van der Waals surface area contributed by atoms with Gasteiger partial charge in [0.05, 0.1) is 0 Å². The Kier molecular flexibility index (Phi) is 5.01. The molecule has 0 bridgehead atoms. The molecule has 1 N–H and O–H groups in total. The van der Waals surface area contributed by atoms with Crippen LogP contribution in [0.15, 0.2) is 41.8 Å². The lowest BCUT2D eigenvalue weighted by atomic mass is 10.1. The predicted molar refractivity (Wildman–Crippen MR) is 79.5 cm³/mol. The fraction of sp³-hybridized carbons (Fsp3) is 0.250. The Morgan fingerprint density at radius 1 is 1.17 bits per heavy atom. The van der Waals surface area contributed by atoms with E-state index in [-0.39, 0.29) is 0 Å². The highest BCUT2D eigenvalue weighted by Crippen LogP contribution is 2.25. The minimum absolute atomic E-state index is 0.924. The van der Waals surface area contributed by atoms with Gasteiger partial charge in [0.15, 0.2) is 0 Å². The molecule has 0 saturated heterocycles. The van der Waals surface area contributed by atoms with Gasteiger partial charge < -0.3 is 5.32 Å². The zero-order valence-corrected chi connectivity index (χ0v) is 11.4. The summed E-state index contributed by atoms with van der Waals surface area (Å²) in [6.45, 7) is 3.77. The highest BCUT2D eigenvalue weighted by molar-refractivity contribution is 7.10. The van der Waals surface area contributed by atoms with Crippen molar-refractivity contribution in [1.82, 2.24) is 5.32 Å². The summed E-state index contributed by atoms with van der Waals surface area (Å²) in [5.74, 6) is 5.96. The molecule has 0 aliphatic rings. The molecular weight excluding hydrogens is 238 g/mol. The van der Waals surface area contributed by atoms with Gasteiger partial charge >= 0.3 is 0 Å². The monoisotopic (exact) mass is 255 g/mol. The van der Waals surface area contributed by atoms with Crippen LogP contribution in [0.1, 0.15) is 18.2 Å². The first kappa shape index (κ1) is 12.9. The molecule has 2 rings (SSSR count). The van der Waals surface area contributed by atoms with Gasteiger partial charge in [-0.15, -0.1) is 23.2 Å². The van der Waals surface area contributed by atoms with Gasteiger partial charge in [0.1, 0.15) is 0 Å². The predicted octanol–water partition coefficient (Wildman–Crippen LogP) is 3.92. The van der Waals surface area contributed by atoms with E-state index in [1.807, 2.05) is 24.3 Å². The Balaban J connectivity index is 1.88. The van der Waals surface area contributed by atoms with Crippen molar-refractivity contribution in [1.29, 1.82) is 0 Å². The maximum Gasteiger partial charge on any atom is 0.0300 e. The first-order valence-electron chi connectivity index (χ1n) is 6.13. The molecule has 0 aliphatic heterocycles. The van der Waals surface area contributed by atoms with E-state index >= 15 is 0 Å². The third kappa shape index (κ3) is 3.73. The van der Waals surface area contributed by atoms with E-state index in [1.165, 1.54) is 16.0 Å². The van der Waals surface area contributed by atoms with Gasteiger partial charge in [-0.3, -0.25) is 0 Å². The van der Waals surface area contributed by atoms with Crippen molar-refractivity contribution < 1.29 is 0 Å². The van der Waals surface area contributed by atoms with Crippen molar-refractivity contribution in [2.45, 2.75) is 19.9 Å². The summed E-state index contributed by atoms with van der Waals surface area (Å²) in [5.41, 5.74) is 2.60. The summed E-state index contributed by atoms with van der Waals surface area (Å²) in [5, 5.41) is 5.63. The lowest BCUT2D eigenvalue weighted by molar-refractivity contribution is 0.708. The molecule has 2 aromatic rings. The molecule has 1 aromatic carbocycles. The van der Waals surface area contributed by atoms with Crippen LogP contribution in [0, 0.1) is 11.8 Å². The summed E-state index contributed by atoms with van der Waals surface area (Å²) >= 11 is 1.81. The molecule has 92 valence electrons. The summed E-state index contributed by atoms with van der Waals surface area (Å²) in [6.07, 6.45) is 0.924. The van der Waals surface area contributed by atoms with E-state index in [0.29, 0.717) is 0 Å². The van der Waals surface area contributed by atoms with Crippen molar-refractivity contribution >= 4 is 11.3 Å². The molecule has 1 aromatic heterocycles. The average Bonchev–Trinajstić information content (AvgIpc) is 2.88. The van der Waals surface area contributed by atoms with Gasteiger partial charge in [0.2, 0.25) is 0 Å². The van der Waals surface area contributed by atoms with Crippen LogP contribution in [0.2, 0.25) is 0 Å². The third-order valence-electron chi connectivity index (χ3n) is 2.66. The average molecular weight is 255 g/mol. The Bertz CT molecular complexity index is 531. The van der Waals surface area contributed by atoms with E-state index in [1.54, 1.807) is 0 Å². The van der Waals surface area contributed by atoms with Crippen LogP contribution in [0.4, 0.5) is 0 Å². The van der Waals surface area contributed by atoms with Crippen molar-refractivity contribution in [3.8, 4) is 23.0 Å². The number of hydrogen-bond donors (Lipinski definition) is 1. The van der Waals surface area contributed by atoms with Gasteiger partial charge in [-0.2, -0.15) is 0 Å². The summed E-state index contributed by atoms with van der Waals surface area (Å²) in [4.78, 5) is 1.37. The second-order valence-corrected chi connectivity index (χ2v) is 5.02. The van der Waals surface area contributed by atoms with E-state index in [9.17, 15) is 0 Å². The molecule has 1 heterocycles. The molecule has 0 radical (unpaired) electrons. The van der Waals surface area contributed by atoms with Gasteiger partial charge in [0, 0.05) is 24.4 Å². The molecule has 0 aliphatic carbocycles. The maximum absolute atomic E-state index is 3.41. The van der Waals surface area contributed by atoms with Crippen LogP contribution >= 0.6 is 11.3 Å². The number of hydrogen-bond acceptors (Lipinski definition) is 2. The second-order valence-electron chi connectivity index (χ2n) is 4.02. The van der Waals surface area contributed by atoms with E-state index in [2.05, 4.69) is 52.9 Å². The molecule has 0 saturated carbocycles. The molecule has 0 amide bonds. The third-order valence-corrected chi connectivity index (χ3v) is 3.60. The SMILES string of the molecule is CC#CCCNCc1cc(-c2ccccc2)cs1. The number of benzene rings is 1. The lowest BCUT2D eigenvalue weighted by Gasteiger charge is -1.99. The van der Waals surface area contributed by atoms with Crippen LogP contribution in [-0.2, 0) is 6.54 Å². The van der Waals surface area contributed by atoms with Gasteiger partial charge in [-0.1, -0.05) is 30.3 Å². The van der Waals surface area contributed by atoms with Crippen molar-refractivity contribution in [2.24, 2.45) is 0 Å². The van der Waals surface area contributed by atoms with Gasteiger partial charge in [-0.05, 0) is 29.5 Å². The van der Waals surface area contributed by atoms with E-state index in [0.717, 1.165) is 19.5 Å². The minimum atomic E-state index is 0.924. The van der Waals surface area contributed by atoms with Gasteiger partial charge in [0.25, 0.3) is 0 Å². The zero-order valence-electron chi connectivity index (χ0n) is 10.6. The molecule has 0 fully saturated rings. The number of thiophene rings is 1. The molecular formula is C16H17NS. The molecule has 0 unspecified atom stereocenters. The molecule has 0 spiro atoms. The standard InChI is InChI=1S/C16H17NS/c1-2-3-7-10-17-12-16-11-15(13-18-16)14-8-5-4-6-9-14/h4-6,8-9,11,13,17H,7,10,12H2,1H3. The fourth-order valence-electron chi connectivity index (χ4n) is 1.74. The van der Waals surface area contributed by atoms with E-state index in [4.69, 9.17) is 0 Å². The topological polar surface area (TPSA) is 12.0 Å². The first-order chi connectivity index (χ1) is 8.90. The van der Waals surface area contributed by atoms with Crippen molar-refractivity contribution in [2.75, 3.05) is 6.54 Å². The minimum Gasteiger partial charge on any atom is -0.311 e. The van der Waals surface area contributed by atoms with Crippen molar-refractivity contribution in [3.05, 3.63) is 46.7 Å². The zero-order chi connectivity index (χ0) is 12.6. The Morgan fingerprint density at radius 3 is 2.78 bits per heavy atom. The van der Waals surface area contributed by atoms with Crippen molar-refractivity contribution in [3.63, 3.8) is 0 Å². The van der Waals surface area contributed by atoms with Crippen LogP contribution in [-0.4, -0.2) is 6.54 Å². The van der Waals surface area contributed by atoms with Crippen LogP contribution in [0.25, 0.3) is 11.1 Å². The maximum atomic E-state index is 3.41. The summed E-state index contributed by atoms with van der Waals surface area (Å²) < 4.78 is 0. The lowest BCUT2D eigenvalue weighted by Crippen LogP contribution is -2.13. The number of rotatable bonds is 5. The quantitative estimate of drug-likeness (QED) is 0.631. The Hall–Kier alpha value is -1.56. The Labute approximate surface area is 113 Å². The van der Waals surface area contributed by atoms with Crippen LogP contribution in [0.5, 0.6) is 0 Å². The fourth-order valence-corrected chi connectivity index (χ4v) is 2.61. The molecule has 2 heteroatoms. The normalized spacial score (nSPS) is 9.83. The Morgan fingerprint density at radius 2 is 2.00 bits per heavy atom. The van der Waals surface area contributed by atoms with Gasteiger partial charge in [-0.25, -0.2) is 0 Å². The number of nitrogens with one attached hydrogen (secondary N) is 1. The first-order valence-corrected chi connectivity index (χ1v) is 7.01. The molecule has 18 heavy (non-hydrogen) atoms. The van der Waals surface area contributed by atoms with Crippen LogP contribution in [0.3, 0.4) is 0 Å². The molecule has 0 atom stereocenters. The highest BCUT2D eigenvalue weighted by atomic mass is 32.1. The summed E-state index contributed by atoms with van der Waals surface area (Å²) in [7, 11) is 0. The summed E-state index contributed by atoms with van der Waals surface area (Å²) in [6, 6.07) is 12.8. The highest BCUT2D eigenvalue weighted by Gasteiger charge is 2.01. The van der Waals surface area contributed by atoms with E-state index < -0.39 is 0 Å². The second kappa shape index (κ2) is 7.00. The van der Waals surface area contributed by atoms with Crippen LogP contribution < -0.4 is 5.32 Å². The largest absolute Gasteiger partial charge is 0.311 e. The smallest absolute Gasteiger partial charge is 0.0300 e. The molecule has 1 nitrogen and oxygen atoms in total.